The van der Waals surface area contributed by atoms with E-state index in [9.17, 15) is 10.1 Å². The number of nitriles is 1. The molecule has 0 atom stereocenters. The van der Waals surface area contributed by atoms with Crippen molar-refractivity contribution >= 4 is 10.8 Å². The maximum atomic E-state index is 12.1. The first-order valence-corrected chi connectivity index (χ1v) is 8.40. The number of aromatic nitrogens is 1. The number of hydrogen-bond acceptors (Lipinski definition) is 2. The van der Waals surface area contributed by atoms with Gasteiger partial charge in [-0.3, -0.25) is 4.79 Å². The number of benzene rings is 3. The van der Waals surface area contributed by atoms with Crippen molar-refractivity contribution in [3.8, 4) is 28.3 Å². The number of nitrogens with one attached hydrogen (secondary N) is 1. The van der Waals surface area contributed by atoms with Crippen LogP contribution >= 0.6 is 0 Å². The second kappa shape index (κ2) is 6.34. The molecule has 0 saturated carbocycles. The summed E-state index contributed by atoms with van der Waals surface area (Å²) in [6.45, 7) is 1.82. The minimum atomic E-state index is -0.349. The lowest BCUT2D eigenvalue weighted by molar-refractivity contribution is 1.13. The van der Waals surface area contributed by atoms with Crippen LogP contribution in [0, 0.1) is 18.3 Å². The van der Waals surface area contributed by atoms with Crippen LogP contribution in [0.25, 0.3) is 33.0 Å². The summed E-state index contributed by atoms with van der Waals surface area (Å²) in [7, 11) is 0. The Morgan fingerprint density at radius 1 is 0.846 bits per heavy atom. The highest BCUT2D eigenvalue weighted by Crippen LogP contribution is 2.32. The zero-order valence-corrected chi connectivity index (χ0v) is 14.3. The molecule has 1 heterocycles. The Bertz CT molecular complexity index is 1220. The van der Waals surface area contributed by atoms with Gasteiger partial charge in [0.25, 0.3) is 5.56 Å². The second-order valence-electron chi connectivity index (χ2n) is 6.29. The predicted octanol–water partition coefficient (Wildman–Crippen LogP) is 5.04. The fraction of sp³-hybridized carbons (Fsp3) is 0.0435. The molecule has 0 unspecified atom stereocenters. The molecule has 26 heavy (non-hydrogen) atoms. The summed E-state index contributed by atoms with van der Waals surface area (Å²) in [5.41, 5.74) is 4.24. The molecule has 124 valence electrons. The Balaban J connectivity index is 1.94. The number of pyridine rings is 1. The quantitative estimate of drug-likeness (QED) is 0.557. The van der Waals surface area contributed by atoms with Gasteiger partial charge in [-0.15, -0.1) is 0 Å². The Kier molecular flexibility index (Phi) is 3.87. The fourth-order valence-electron chi connectivity index (χ4n) is 3.36. The highest BCUT2D eigenvalue weighted by Gasteiger charge is 2.11. The van der Waals surface area contributed by atoms with Crippen LogP contribution in [0.15, 0.2) is 77.6 Å². The van der Waals surface area contributed by atoms with Crippen molar-refractivity contribution in [3.05, 3.63) is 94.4 Å². The second-order valence-corrected chi connectivity index (χ2v) is 6.29. The van der Waals surface area contributed by atoms with Crippen molar-refractivity contribution in [2.75, 3.05) is 0 Å². The van der Waals surface area contributed by atoms with Crippen LogP contribution in [-0.2, 0) is 0 Å². The summed E-state index contributed by atoms with van der Waals surface area (Å²) in [6.07, 6.45) is 0. The van der Waals surface area contributed by atoms with Gasteiger partial charge in [0.05, 0.1) is 0 Å². The van der Waals surface area contributed by atoms with E-state index < -0.39 is 0 Å². The lowest BCUT2D eigenvalue weighted by Gasteiger charge is -2.10. The molecule has 0 saturated heterocycles. The van der Waals surface area contributed by atoms with E-state index in [1.165, 1.54) is 10.8 Å². The number of nitrogens with zero attached hydrogens (tertiary/aromatic N) is 1. The van der Waals surface area contributed by atoms with E-state index in [2.05, 4.69) is 35.3 Å². The van der Waals surface area contributed by atoms with Crippen molar-refractivity contribution in [3.63, 3.8) is 0 Å². The molecule has 4 aromatic rings. The Hall–Kier alpha value is -3.64. The van der Waals surface area contributed by atoms with Gasteiger partial charge in [-0.05, 0) is 46.5 Å². The molecule has 0 radical (unpaired) electrons. The SMILES string of the molecule is Cc1cc(-c2cccc(-c3cccc4ccccc34)c2)c(C#N)c(=O)[nH]1. The van der Waals surface area contributed by atoms with Crippen LogP contribution in [0.2, 0.25) is 0 Å². The minimum Gasteiger partial charge on any atom is -0.325 e. The summed E-state index contributed by atoms with van der Waals surface area (Å²) in [6, 6.07) is 26.4. The molecular weight excluding hydrogens is 320 g/mol. The van der Waals surface area contributed by atoms with Crippen molar-refractivity contribution in [2.24, 2.45) is 0 Å². The van der Waals surface area contributed by atoms with E-state index in [4.69, 9.17) is 0 Å². The number of rotatable bonds is 2. The molecule has 0 amide bonds. The maximum absolute atomic E-state index is 12.1. The molecule has 0 fully saturated rings. The third kappa shape index (κ3) is 2.68. The summed E-state index contributed by atoms with van der Waals surface area (Å²) < 4.78 is 0. The number of fused-ring (bicyclic) bond motifs is 1. The van der Waals surface area contributed by atoms with E-state index in [0.717, 1.165) is 22.4 Å². The predicted molar refractivity (Wildman–Crippen MR) is 105 cm³/mol. The fourth-order valence-corrected chi connectivity index (χ4v) is 3.36. The van der Waals surface area contributed by atoms with E-state index in [-0.39, 0.29) is 11.1 Å². The third-order valence-corrected chi connectivity index (χ3v) is 4.55. The molecule has 1 aromatic heterocycles. The minimum absolute atomic E-state index is 0.144. The molecule has 0 bridgehead atoms. The normalized spacial score (nSPS) is 10.6. The van der Waals surface area contributed by atoms with Gasteiger partial charge in [-0.1, -0.05) is 60.7 Å². The summed E-state index contributed by atoms with van der Waals surface area (Å²) in [5, 5.41) is 11.8. The topological polar surface area (TPSA) is 56.6 Å². The van der Waals surface area contributed by atoms with Gasteiger partial charge in [0, 0.05) is 11.3 Å². The molecule has 0 aliphatic rings. The first-order chi connectivity index (χ1) is 12.7. The van der Waals surface area contributed by atoms with Crippen LogP contribution in [0.3, 0.4) is 0 Å². The number of aryl methyl sites for hydroxylation is 1. The van der Waals surface area contributed by atoms with Gasteiger partial charge >= 0.3 is 0 Å². The average Bonchev–Trinajstić information content (AvgIpc) is 2.67. The summed E-state index contributed by atoms with van der Waals surface area (Å²) in [5.74, 6) is 0. The highest BCUT2D eigenvalue weighted by atomic mass is 16.1. The van der Waals surface area contributed by atoms with Gasteiger partial charge in [0.2, 0.25) is 0 Å². The molecule has 0 spiro atoms. The van der Waals surface area contributed by atoms with Crippen molar-refractivity contribution in [2.45, 2.75) is 6.92 Å². The van der Waals surface area contributed by atoms with Gasteiger partial charge in [-0.2, -0.15) is 5.26 Å². The molecule has 0 aliphatic heterocycles. The molecule has 1 N–H and O–H groups in total. The zero-order valence-electron chi connectivity index (χ0n) is 14.3. The van der Waals surface area contributed by atoms with Gasteiger partial charge in [0.1, 0.15) is 11.6 Å². The van der Waals surface area contributed by atoms with Crippen molar-refractivity contribution in [1.82, 2.24) is 4.98 Å². The highest BCUT2D eigenvalue weighted by molar-refractivity contribution is 5.97. The summed E-state index contributed by atoms with van der Waals surface area (Å²) >= 11 is 0. The van der Waals surface area contributed by atoms with Crippen molar-refractivity contribution in [1.29, 1.82) is 5.26 Å². The molecule has 0 aliphatic carbocycles. The van der Waals surface area contributed by atoms with E-state index in [1.807, 2.05) is 55.5 Å². The van der Waals surface area contributed by atoms with E-state index in [0.29, 0.717) is 5.56 Å². The number of aromatic amines is 1. The Morgan fingerprint density at radius 3 is 2.35 bits per heavy atom. The molecule has 3 nitrogen and oxygen atoms in total. The van der Waals surface area contributed by atoms with Crippen LogP contribution in [0.4, 0.5) is 0 Å². The van der Waals surface area contributed by atoms with Crippen LogP contribution < -0.4 is 5.56 Å². The van der Waals surface area contributed by atoms with E-state index in [1.54, 1.807) is 0 Å². The largest absolute Gasteiger partial charge is 0.325 e. The van der Waals surface area contributed by atoms with Crippen LogP contribution in [0.1, 0.15) is 11.3 Å². The monoisotopic (exact) mass is 336 g/mol. The standard InChI is InChI=1S/C23H16N2O/c1-15-12-21(22(14-24)23(26)25-15)18-9-4-8-17(13-18)20-11-5-7-16-6-2-3-10-19(16)20/h2-13H,1H3,(H,25,26). The maximum Gasteiger partial charge on any atom is 0.266 e. The van der Waals surface area contributed by atoms with Crippen LogP contribution in [0.5, 0.6) is 0 Å². The molecule has 3 heteroatoms. The Morgan fingerprint density at radius 2 is 1.54 bits per heavy atom. The summed E-state index contributed by atoms with van der Waals surface area (Å²) in [4.78, 5) is 14.8. The van der Waals surface area contributed by atoms with Gasteiger partial charge in [0.15, 0.2) is 0 Å². The first kappa shape index (κ1) is 15.9. The number of hydrogen-bond donors (Lipinski definition) is 1. The van der Waals surface area contributed by atoms with Gasteiger partial charge in [-0.25, -0.2) is 0 Å². The van der Waals surface area contributed by atoms with Crippen molar-refractivity contribution < 1.29 is 0 Å². The van der Waals surface area contributed by atoms with Gasteiger partial charge < -0.3 is 4.98 Å². The molecule has 4 rings (SSSR count). The van der Waals surface area contributed by atoms with E-state index >= 15 is 0 Å². The zero-order chi connectivity index (χ0) is 18.1. The third-order valence-electron chi connectivity index (χ3n) is 4.55. The molecule has 3 aromatic carbocycles. The average molecular weight is 336 g/mol. The molecular formula is C23H16N2O. The lowest BCUT2D eigenvalue weighted by Crippen LogP contribution is -2.12. The smallest absolute Gasteiger partial charge is 0.266 e. The number of H-pyrrole nitrogens is 1. The Labute approximate surface area is 151 Å². The van der Waals surface area contributed by atoms with Crippen LogP contribution in [-0.4, -0.2) is 4.98 Å². The lowest BCUT2D eigenvalue weighted by atomic mass is 9.94. The first-order valence-electron chi connectivity index (χ1n) is 8.40.